The first kappa shape index (κ1) is 25.1. The number of ether oxygens (including phenoxy) is 3. The maximum atomic E-state index is 13.1. The number of carbonyl (C=O) groups is 2. The van der Waals surface area contributed by atoms with Crippen molar-refractivity contribution >= 4 is 17.4 Å². The zero-order valence-electron chi connectivity index (χ0n) is 19.7. The normalized spacial score (nSPS) is 17.3. The second kappa shape index (κ2) is 11.6. The topological polar surface area (TPSA) is 106 Å². The van der Waals surface area contributed by atoms with Crippen LogP contribution in [0.4, 0.5) is 0 Å². The number of Topliss-reactive ketones (excluding diaryl/α,β-unsaturated/α-hetero) is 1. The van der Waals surface area contributed by atoms with Crippen LogP contribution < -0.4 is 9.47 Å². The monoisotopic (exact) mass is 469 g/mol. The molecule has 1 fully saturated rings. The van der Waals surface area contributed by atoms with E-state index in [0.717, 1.165) is 6.42 Å². The number of benzene rings is 2. The molecule has 2 N–H and O–H groups in total. The standard InChI is InChI=1S/C26H31NO7/c1-4-13-34-19-9-6-8-18(15-19)24(29)22-23(17-10-11-20(28)21(16-17)33-5-2)27(12-7-14-32-3)26(31)25(22)30/h6,8-11,15-16,23,28-29H,4-5,7,12-14H2,1-3H3/b24-22+. The van der Waals surface area contributed by atoms with Gasteiger partial charge in [-0.15, -0.1) is 0 Å². The summed E-state index contributed by atoms with van der Waals surface area (Å²) in [6.07, 6.45) is 1.34. The lowest BCUT2D eigenvalue weighted by Crippen LogP contribution is -2.31. The molecule has 1 heterocycles. The third kappa shape index (κ3) is 5.34. The van der Waals surface area contributed by atoms with Gasteiger partial charge in [0.1, 0.15) is 11.5 Å². The van der Waals surface area contributed by atoms with E-state index in [0.29, 0.717) is 43.1 Å². The van der Waals surface area contributed by atoms with Gasteiger partial charge in [0.2, 0.25) is 0 Å². The first-order valence-electron chi connectivity index (χ1n) is 11.4. The molecule has 0 bridgehead atoms. The van der Waals surface area contributed by atoms with Gasteiger partial charge in [0.25, 0.3) is 11.7 Å². The molecule has 8 nitrogen and oxygen atoms in total. The van der Waals surface area contributed by atoms with Crippen molar-refractivity contribution < 1.29 is 34.0 Å². The molecule has 2 aromatic rings. The number of rotatable bonds is 11. The van der Waals surface area contributed by atoms with Crippen LogP contribution in [0.5, 0.6) is 17.2 Å². The van der Waals surface area contributed by atoms with E-state index in [2.05, 4.69) is 0 Å². The lowest BCUT2D eigenvalue weighted by atomic mass is 9.95. The van der Waals surface area contributed by atoms with Crippen molar-refractivity contribution in [3.8, 4) is 17.2 Å². The first-order valence-corrected chi connectivity index (χ1v) is 11.4. The summed E-state index contributed by atoms with van der Waals surface area (Å²) >= 11 is 0. The van der Waals surface area contributed by atoms with Gasteiger partial charge < -0.3 is 29.3 Å². The maximum Gasteiger partial charge on any atom is 0.295 e. The predicted molar refractivity (Wildman–Crippen MR) is 127 cm³/mol. The summed E-state index contributed by atoms with van der Waals surface area (Å²) in [6.45, 7) is 5.29. The van der Waals surface area contributed by atoms with Crippen LogP contribution in [0.3, 0.4) is 0 Å². The highest BCUT2D eigenvalue weighted by Crippen LogP contribution is 2.42. The number of ketones is 1. The van der Waals surface area contributed by atoms with Crippen LogP contribution in [0.2, 0.25) is 0 Å². The van der Waals surface area contributed by atoms with Crippen LogP contribution in [-0.2, 0) is 14.3 Å². The zero-order valence-corrected chi connectivity index (χ0v) is 19.7. The lowest BCUT2D eigenvalue weighted by Gasteiger charge is -2.25. The Kier molecular flexibility index (Phi) is 8.54. The van der Waals surface area contributed by atoms with E-state index in [1.54, 1.807) is 50.4 Å². The van der Waals surface area contributed by atoms with Gasteiger partial charge in [-0.2, -0.15) is 0 Å². The molecule has 2 aromatic carbocycles. The summed E-state index contributed by atoms with van der Waals surface area (Å²) in [5.41, 5.74) is 0.887. The summed E-state index contributed by atoms with van der Waals surface area (Å²) in [4.78, 5) is 27.6. The minimum atomic E-state index is -0.850. The highest BCUT2D eigenvalue weighted by Gasteiger charge is 2.46. The minimum absolute atomic E-state index is 0.0248. The Hall–Kier alpha value is -3.52. The van der Waals surface area contributed by atoms with E-state index in [1.807, 2.05) is 6.92 Å². The van der Waals surface area contributed by atoms with Crippen LogP contribution >= 0.6 is 0 Å². The van der Waals surface area contributed by atoms with Gasteiger partial charge in [-0.25, -0.2) is 0 Å². The summed E-state index contributed by atoms with van der Waals surface area (Å²) in [5, 5.41) is 21.4. The number of aliphatic hydroxyl groups excluding tert-OH is 1. The van der Waals surface area contributed by atoms with Gasteiger partial charge in [-0.05, 0) is 49.6 Å². The van der Waals surface area contributed by atoms with E-state index in [9.17, 15) is 19.8 Å². The van der Waals surface area contributed by atoms with E-state index in [1.165, 1.54) is 11.0 Å². The summed E-state index contributed by atoms with van der Waals surface area (Å²) in [7, 11) is 1.56. The molecule has 8 heteroatoms. The fourth-order valence-electron chi connectivity index (χ4n) is 3.92. The third-order valence-electron chi connectivity index (χ3n) is 5.47. The molecule has 0 spiro atoms. The number of likely N-dealkylation sites (tertiary alicyclic amines) is 1. The number of hydrogen-bond donors (Lipinski definition) is 2. The molecule has 1 saturated heterocycles. The Labute approximate surface area is 199 Å². The van der Waals surface area contributed by atoms with Gasteiger partial charge in [0.15, 0.2) is 11.5 Å². The van der Waals surface area contributed by atoms with Gasteiger partial charge in [0, 0.05) is 25.8 Å². The molecule has 182 valence electrons. The molecule has 1 unspecified atom stereocenters. The average Bonchev–Trinajstić information content (AvgIpc) is 3.09. The molecule has 0 aliphatic carbocycles. The molecular weight excluding hydrogens is 438 g/mol. The predicted octanol–water partition coefficient (Wildman–Crippen LogP) is 4.04. The molecule has 0 radical (unpaired) electrons. The Morgan fingerprint density at radius 3 is 2.56 bits per heavy atom. The third-order valence-corrected chi connectivity index (χ3v) is 5.47. The Morgan fingerprint density at radius 1 is 1.06 bits per heavy atom. The summed E-state index contributed by atoms with van der Waals surface area (Å²) in [6, 6.07) is 10.6. The van der Waals surface area contributed by atoms with Crippen LogP contribution in [0.25, 0.3) is 5.76 Å². The number of aliphatic hydroxyl groups is 1. The zero-order chi connectivity index (χ0) is 24.7. The quantitative estimate of drug-likeness (QED) is 0.221. The van der Waals surface area contributed by atoms with E-state index in [-0.39, 0.29) is 29.4 Å². The van der Waals surface area contributed by atoms with Crippen molar-refractivity contribution in [2.45, 2.75) is 32.7 Å². The molecule has 1 aliphatic heterocycles. The Morgan fingerprint density at radius 2 is 1.85 bits per heavy atom. The number of aromatic hydroxyl groups is 1. The van der Waals surface area contributed by atoms with Crippen LogP contribution in [-0.4, -0.2) is 60.3 Å². The van der Waals surface area contributed by atoms with Crippen molar-refractivity contribution in [2.75, 3.05) is 33.5 Å². The number of carbonyl (C=O) groups excluding carboxylic acids is 2. The highest BCUT2D eigenvalue weighted by molar-refractivity contribution is 6.46. The first-order chi connectivity index (χ1) is 16.4. The molecule has 3 rings (SSSR count). The van der Waals surface area contributed by atoms with Gasteiger partial charge in [-0.3, -0.25) is 9.59 Å². The molecule has 0 aromatic heterocycles. The van der Waals surface area contributed by atoms with E-state index < -0.39 is 17.7 Å². The highest BCUT2D eigenvalue weighted by atomic mass is 16.5. The van der Waals surface area contributed by atoms with Crippen molar-refractivity contribution in [3.05, 3.63) is 59.2 Å². The largest absolute Gasteiger partial charge is 0.507 e. The van der Waals surface area contributed by atoms with Crippen LogP contribution in [0.1, 0.15) is 43.9 Å². The fourth-order valence-corrected chi connectivity index (χ4v) is 3.92. The molecule has 34 heavy (non-hydrogen) atoms. The number of phenolic OH excluding ortho intramolecular Hbond substituents is 1. The van der Waals surface area contributed by atoms with Crippen LogP contribution in [0.15, 0.2) is 48.0 Å². The van der Waals surface area contributed by atoms with Crippen molar-refractivity contribution in [1.82, 2.24) is 4.90 Å². The second-order valence-corrected chi connectivity index (χ2v) is 7.88. The Bertz CT molecular complexity index is 1060. The molecule has 0 saturated carbocycles. The average molecular weight is 470 g/mol. The maximum absolute atomic E-state index is 13.1. The van der Waals surface area contributed by atoms with E-state index >= 15 is 0 Å². The lowest BCUT2D eigenvalue weighted by molar-refractivity contribution is -0.140. The SMILES string of the molecule is CCCOc1cccc(/C(O)=C2\C(=O)C(=O)N(CCCOC)C2c2ccc(O)c(OCC)c2)c1. The van der Waals surface area contributed by atoms with Crippen LogP contribution in [0, 0.1) is 0 Å². The molecular formula is C26H31NO7. The summed E-state index contributed by atoms with van der Waals surface area (Å²) in [5.74, 6) is -1.02. The molecule has 1 amide bonds. The number of methoxy groups -OCH3 is 1. The number of phenols is 1. The number of nitrogens with zero attached hydrogens (tertiary/aromatic N) is 1. The van der Waals surface area contributed by atoms with Crippen molar-refractivity contribution in [3.63, 3.8) is 0 Å². The second-order valence-electron chi connectivity index (χ2n) is 7.88. The van der Waals surface area contributed by atoms with Crippen molar-refractivity contribution in [2.24, 2.45) is 0 Å². The van der Waals surface area contributed by atoms with E-state index in [4.69, 9.17) is 14.2 Å². The van der Waals surface area contributed by atoms with Gasteiger partial charge in [-0.1, -0.05) is 25.1 Å². The van der Waals surface area contributed by atoms with Gasteiger partial charge in [0.05, 0.1) is 24.8 Å². The van der Waals surface area contributed by atoms with Crippen molar-refractivity contribution in [1.29, 1.82) is 0 Å². The number of hydrogen-bond acceptors (Lipinski definition) is 7. The summed E-state index contributed by atoms with van der Waals surface area (Å²) < 4.78 is 16.3. The number of amides is 1. The Balaban J connectivity index is 2.12. The molecule has 1 aliphatic rings. The smallest absolute Gasteiger partial charge is 0.295 e. The van der Waals surface area contributed by atoms with Gasteiger partial charge >= 0.3 is 0 Å². The molecule has 1 atom stereocenters. The fraction of sp³-hybridized carbons (Fsp3) is 0.385. The minimum Gasteiger partial charge on any atom is -0.507 e.